The second-order valence-corrected chi connectivity index (χ2v) is 8.76. The van der Waals surface area contributed by atoms with E-state index in [1.165, 1.54) is 5.56 Å². The molecular weight excluding hydrogens is 428 g/mol. The molecule has 2 aromatic heterocycles. The van der Waals surface area contributed by atoms with Crippen molar-refractivity contribution in [2.24, 2.45) is 0 Å². The standard InChI is InChI=1S/C23H20N4O2S2/c1-2-10-27-21(11-16-6-4-3-5-7-16)25-26-23(27)31-14-18-13-30-22(24-18)17-8-9-19-20(12-17)29-15-28-19/h2-9,12-13H,1,10-11,14-15H2. The zero-order valence-corrected chi connectivity index (χ0v) is 18.4. The predicted molar refractivity (Wildman–Crippen MR) is 123 cm³/mol. The van der Waals surface area contributed by atoms with Crippen LogP contribution in [-0.2, 0) is 18.7 Å². The van der Waals surface area contributed by atoms with Crippen LogP contribution in [0.5, 0.6) is 11.5 Å². The molecule has 1 aliphatic heterocycles. The second kappa shape index (κ2) is 8.95. The van der Waals surface area contributed by atoms with Crippen molar-refractivity contribution in [1.29, 1.82) is 0 Å². The number of allylic oxidation sites excluding steroid dienone is 1. The third kappa shape index (κ3) is 4.35. The first-order valence-corrected chi connectivity index (χ1v) is 11.7. The highest BCUT2D eigenvalue weighted by Gasteiger charge is 2.16. The zero-order chi connectivity index (χ0) is 21.0. The first kappa shape index (κ1) is 19.8. The van der Waals surface area contributed by atoms with Crippen molar-refractivity contribution >= 4 is 23.1 Å². The summed E-state index contributed by atoms with van der Waals surface area (Å²) < 4.78 is 13.0. The lowest BCUT2D eigenvalue weighted by molar-refractivity contribution is 0.174. The van der Waals surface area contributed by atoms with E-state index in [1.807, 2.05) is 42.5 Å². The lowest BCUT2D eigenvalue weighted by Crippen LogP contribution is -2.04. The number of nitrogens with zero attached hydrogens (tertiary/aromatic N) is 4. The molecule has 4 aromatic rings. The van der Waals surface area contributed by atoms with Gasteiger partial charge in [-0.3, -0.25) is 0 Å². The molecule has 0 unspecified atom stereocenters. The molecule has 0 spiro atoms. The summed E-state index contributed by atoms with van der Waals surface area (Å²) in [6.07, 6.45) is 2.62. The maximum absolute atomic E-state index is 5.48. The van der Waals surface area contributed by atoms with Gasteiger partial charge < -0.3 is 14.0 Å². The Kier molecular flexibility index (Phi) is 5.73. The molecule has 0 bridgehead atoms. The molecular formula is C23H20N4O2S2. The van der Waals surface area contributed by atoms with Crippen molar-refractivity contribution in [2.75, 3.05) is 6.79 Å². The normalized spacial score (nSPS) is 12.3. The Bertz CT molecular complexity index is 1200. The molecule has 0 saturated carbocycles. The highest BCUT2D eigenvalue weighted by atomic mass is 32.2. The minimum absolute atomic E-state index is 0.274. The van der Waals surface area contributed by atoms with E-state index in [9.17, 15) is 0 Å². The quantitative estimate of drug-likeness (QED) is 0.273. The molecule has 0 radical (unpaired) electrons. The molecule has 31 heavy (non-hydrogen) atoms. The Balaban J connectivity index is 1.29. The molecule has 0 fully saturated rings. The summed E-state index contributed by atoms with van der Waals surface area (Å²) in [5.74, 6) is 3.21. The van der Waals surface area contributed by atoms with Crippen LogP contribution in [0.4, 0.5) is 0 Å². The topological polar surface area (TPSA) is 62.1 Å². The lowest BCUT2D eigenvalue weighted by Gasteiger charge is -2.07. The first-order chi connectivity index (χ1) is 15.3. The van der Waals surface area contributed by atoms with Crippen LogP contribution in [0.3, 0.4) is 0 Å². The van der Waals surface area contributed by atoms with E-state index in [-0.39, 0.29) is 6.79 Å². The van der Waals surface area contributed by atoms with E-state index in [0.29, 0.717) is 6.54 Å². The maximum atomic E-state index is 5.48. The number of thioether (sulfide) groups is 1. The SMILES string of the molecule is C=CCn1c(Cc2ccccc2)nnc1SCc1csc(-c2ccc3c(c2)OCO3)n1. The Hall–Kier alpha value is -3.10. The first-order valence-electron chi connectivity index (χ1n) is 9.84. The predicted octanol–water partition coefficient (Wildman–Crippen LogP) is 5.20. The van der Waals surface area contributed by atoms with Gasteiger partial charge in [0, 0.05) is 29.7 Å². The fourth-order valence-electron chi connectivity index (χ4n) is 3.32. The van der Waals surface area contributed by atoms with Gasteiger partial charge >= 0.3 is 0 Å². The van der Waals surface area contributed by atoms with Gasteiger partial charge in [0.2, 0.25) is 6.79 Å². The summed E-state index contributed by atoms with van der Waals surface area (Å²) in [6, 6.07) is 16.2. The Morgan fingerprint density at radius 2 is 1.97 bits per heavy atom. The zero-order valence-electron chi connectivity index (χ0n) is 16.7. The summed E-state index contributed by atoms with van der Waals surface area (Å²) in [5.41, 5.74) is 3.26. The molecule has 6 nitrogen and oxygen atoms in total. The summed E-state index contributed by atoms with van der Waals surface area (Å²) in [6.45, 7) is 4.84. The van der Waals surface area contributed by atoms with Crippen LogP contribution in [-0.4, -0.2) is 26.5 Å². The van der Waals surface area contributed by atoms with Gasteiger partial charge in [-0.2, -0.15) is 0 Å². The molecule has 0 aliphatic carbocycles. The van der Waals surface area contributed by atoms with Gasteiger partial charge in [-0.05, 0) is 23.8 Å². The molecule has 0 amide bonds. The highest BCUT2D eigenvalue weighted by Crippen LogP contribution is 2.37. The largest absolute Gasteiger partial charge is 0.454 e. The van der Waals surface area contributed by atoms with E-state index in [1.54, 1.807) is 23.1 Å². The molecule has 0 saturated heterocycles. The lowest BCUT2D eigenvalue weighted by atomic mass is 10.1. The summed E-state index contributed by atoms with van der Waals surface area (Å²) >= 11 is 3.27. The van der Waals surface area contributed by atoms with Crippen molar-refractivity contribution in [1.82, 2.24) is 19.7 Å². The average molecular weight is 449 g/mol. The minimum atomic E-state index is 0.274. The van der Waals surface area contributed by atoms with Crippen molar-refractivity contribution in [2.45, 2.75) is 23.9 Å². The number of fused-ring (bicyclic) bond motifs is 1. The van der Waals surface area contributed by atoms with Crippen LogP contribution in [0, 0.1) is 0 Å². The van der Waals surface area contributed by atoms with E-state index in [4.69, 9.17) is 14.5 Å². The summed E-state index contributed by atoms with van der Waals surface area (Å²) in [7, 11) is 0. The number of thiazole rings is 1. The van der Waals surface area contributed by atoms with Crippen molar-refractivity contribution < 1.29 is 9.47 Å². The smallest absolute Gasteiger partial charge is 0.231 e. The van der Waals surface area contributed by atoms with Gasteiger partial charge in [0.1, 0.15) is 10.8 Å². The fraction of sp³-hybridized carbons (Fsp3) is 0.174. The molecule has 0 N–H and O–H groups in total. The van der Waals surface area contributed by atoms with Gasteiger partial charge in [-0.25, -0.2) is 4.98 Å². The van der Waals surface area contributed by atoms with Gasteiger partial charge in [0.25, 0.3) is 0 Å². The molecule has 2 aromatic carbocycles. The van der Waals surface area contributed by atoms with Crippen LogP contribution < -0.4 is 9.47 Å². The number of aromatic nitrogens is 4. The molecule has 156 valence electrons. The van der Waals surface area contributed by atoms with E-state index < -0.39 is 0 Å². The maximum Gasteiger partial charge on any atom is 0.231 e. The van der Waals surface area contributed by atoms with Crippen molar-refractivity contribution in [3.05, 3.63) is 83.6 Å². The van der Waals surface area contributed by atoms with Crippen LogP contribution in [0.25, 0.3) is 10.6 Å². The van der Waals surface area contributed by atoms with Gasteiger partial charge in [-0.1, -0.05) is 48.2 Å². The van der Waals surface area contributed by atoms with Crippen LogP contribution in [0.2, 0.25) is 0 Å². The van der Waals surface area contributed by atoms with Crippen molar-refractivity contribution in [3.63, 3.8) is 0 Å². The fourth-order valence-corrected chi connectivity index (χ4v) is 5.10. The Labute approximate surface area is 188 Å². The second-order valence-electron chi connectivity index (χ2n) is 6.96. The summed E-state index contributed by atoms with van der Waals surface area (Å²) in [5, 5.41) is 12.8. The number of hydrogen-bond donors (Lipinski definition) is 0. The Morgan fingerprint density at radius 1 is 1.10 bits per heavy atom. The number of rotatable bonds is 8. The van der Waals surface area contributed by atoms with E-state index in [0.717, 1.165) is 50.9 Å². The van der Waals surface area contributed by atoms with Crippen LogP contribution >= 0.6 is 23.1 Å². The van der Waals surface area contributed by atoms with Gasteiger partial charge in [0.15, 0.2) is 16.7 Å². The van der Waals surface area contributed by atoms with E-state index >= 15 is 0 Å². The average Bonchev–Trinajstić information content (AvgIpc) is 3.53. The van der Waals surface area contributed by atoms with E-state index in [2.05, 4.69) is 38.9 Å². The highest BCUT2D eigenvalue weighted by molar-refractivity contribution is 7.98. The van der Waals surface area contributed by atoms with Crippen LogP contribution in [0.15, 0.2) is 71.7 Å². The van der Waals surface area contributed by atoms with Crippen LogP contribution in [0.1, 0.15) is 17.1 Å². The number of benzene rings is 2. The third-order valence-corrected chi connectivity index (χ3v) is 6.77. The molecule has 8 heteroatoms. The third-order valence-electron chi connectivity index (χ3n) is 4.83. The van der Waals surface area contributed by atoms with Gasteiger partial charge in [-0.15, -0.1) is 28.1 Å². The number of hydrogen-bond acceptors (Lipinski definition) is 7. The summed E-state index contributed by atoms with van der Waals surface area (Å²) in [4.78, 5) is 4.79. The number of ether oxygens (including phenoxy) is 2. The molecule has 3 heterocycles. The molecule has 5 rings (SSSR count). The molecule has 0 atom stereocenters. The Morgan fingerprint density at radius 3 is 2.84 bits per heavy atom. The monoisotopic (exact) mass is 448 g/mol. The molecule has 1 aliphatic rings. The van der Waals surface area contributed by atoms with Crippen molar-refractivity contribution in [3.8, 4) is 22.1 Å². The minimum Gasteiger partial charge on any atom is -0.454 e. The van der Waals surface area contributed by atoms with Gasteiger partial charge in [0.05, 0.1) is 5.69 Å².